The molecule has 0 amide bonds. The number of benzene rings is 1. The molecule has 5 N–H and O–H groups in total. The first kappa shape index (κ1) is 11.7. The van der Waals surface area contributed by atoms with Gasteiger partial charge in [0, 0.05) is 18.3 Å². The fourth-order valence-corrected chi connectivity index (χ4v) is 1.61. The Balaban J connectivity index is 2.19. The minimum Gasteiger partial charge on any atom is -0.399 e. The van der Waals surface area contributed by atoms with Crippen molar-refractivity contribution in [2.75, 3.05) is 17.7 Å². The molecular formula is C12H18N4O. The van der Waals surface area contributed by atoms with Crippen LogP contribution >= 0.6 is 0 Å². The van der Waals surface area contributed by atoms with Crippen LogP contribution < -0.4 is 11.1 Å². The van der Waals surface area contributed by atoms with Crippen LogP contribution in [0.5, 0.6) is 0 Å². The highest BCUT2D eigenvalue weighted by atomic mass is 16.3. The quantitative estimate of drug-likeness (QED) is 0.605. The van der Waals surface area contributed by atoms with Gasteiger partial charge < -0.3 is 21.1 Å². The average Bonchev–Trinajstić information content (AvgIpc) is 2.69. The zero-order chi connectivity index (χ0) is 12.4. The molecule has 0 saturated heterocycles. The van der Waals surface area contributed by atoms with E-state index >= 15 is 0 Å². The first-order valence-corrected chi connectivity index (χ1v) is 5.73. The standard InChI is InChI=1S/C12H18N4O/c1-7(6-17)8(2)14-12-15-10-4-3-9(13)5-11(10)16-12/h3-5,7-8,17H,6,13H2,1-2H3,(H2,14,15,16). The van der Waals surface area contributed by atoms with Gasteiger partial charge in [0.2, 0.25) is 5.95 Å². The second kappa shape index (κ2) is 4.63. The van der Waals surface area contributed by atoms with E-state index in [4.69, 9.17) is 10.8 Å². The van der Waals surface area contributed by atoms with Crippen molar-refractivity contribution in [1.29, 1.82) is 0 Å². The SMILES string of the molecule is CC(CO)C(C)Nc1nc2ccc(N)cc2[nH]1. The lowest BCUT2D eigenvalue weighted by molar-refractivity contribution is 0.226. The lowest BCUT2D eigenvalue weighted by atomic mass is 10.1. The lowest BCUT2D eigenvalue weighted by Crippen LogP contribution is -2.26. The zero-order valence-corrected chi connectivity index (χ0v) is 10.1. The van der Waals surface area contributed by atoms with Crippen molar-refractivity contribution in [1.82, 2.24) is 9.97 Å². The first-order chi connectivity index (χ1) is 8.10. The summed E-state index contributed by atoms with van der Waals surface area (Å²) in [6, 6.07) is 5.71. The fraction of sp³-hybridized carbons (Fsp3) is 0.417. The maximum Gasteiger partial charge on any atom is 0.201 e. The Kier molecular flexibility index (Phi) is 3.19. The van der Waals surface area contributed by atoms with E-state index in [9.17, 15) is 0 Å². The summed E-state index contributed by atoms with van der Waals surface area (Å²) in [5.74, 6) is 0.881. The number of rotatable bonds is 4. The van der Waals surface area contributed by atoms with Crippen molar-refractivity contribution in [3.05, 3.63) is 18.2 Å². The molecule has 1 heterocycles. The van der Waals surface area contributed by atoms with E-state index in [2.05, 4.69) is 15.3 Å². The van der Waals surface area contributed by atoms with Crippen LogP contribution in [0.25, 0.3) is 11.0 Å². The minimum absolute atomic E-state index is 0.151. The molecule has 17 heavy (non-hydrogen) atoms. The number of fused-ring (bicyclic) bond motifs is 1. The molecule has 0 bridgehead atoms. The highest BCUT2D eigenvalue weighted by Gasteiger charge is 2.12. The largest absolute Gasteiger partial charge is 0.399 e. The second-order valence-electron chi connectivity index (χ2n) is 4.45. The lowest BCUT2D eigenvalue weighted by Gasteiger charge is -2.18. The van der Waals surface area contributed by atoms with Crippen LogP contribution in [0.15, 0.2) is 18.2 Å². The molecule has 1 aromatic carbocycles. The molecule has 2 rings (SSSR count). The Bertz CT molecular complexity index is 508. The molecule has 2 aromatic rings. The number of aliphatic hydroxyl groups is 1. The molecule has 5 heteroatoms. The van der Waals surface area contributed by atoms with E-state index in [1.165, 1.54) is 0 Å². The van der Waals surface area contributed by atoms with Crippen LogP contribution in [-0.4, -0.2) is 27.7 Å². The van der Waals surface area contributed by atoms with E-state index in [1.807, 2.05) is 32.0 Å². The first-order valence-electron chi connectivity index (χ1n) is 5.73. The summed E-state index contributed by atoms with van der Waals surface area (Å²) >= 11 is 0. The van der Waals surface area contributed by atoms with Crippen molar-refractivity contribution in [3.63, 3.8) is 0 Å². The number of imidazole rings is 1. The summed E-state index contributed by atoms with van der Waals surface area (Å²) in [6.45, 7) is 4.15. The Hall–Kier alpha value is -1.75. The molecule has 2 unspecified atom stereocenters. The predicted octanol–water partition coefficient (Wildman–Crippen LogP) is 1.57. The van der Waals surface area contributed by atoms with Gasteiger partial charge in [-0.15, -0.1) is 0 Å². The number of nitrogens with one attached hydrogen (secondary N) is 2. The monoisotopic (exact) mass is 234 g/mol. The Morgan fingerprint density at radius 1 is 1.47 bits per heavy atom. The van der Waals surface area contributed by atoms with E-state index < -0.39 is 0 Å². The van der Waals surface area contributed by atoms with Gasteiger partial charge in [-0.05, 0) is 31.0 Å². The number of aliphatic hydroxyl groups excluding tert-OH is 1. The third-order valence-electron chi connectivity index (χ3n) is 3.01. The highest BCUT2D eigenvalue weighted by Crippen LogP contribution is 2.18. The van der Waals surface area contributed by atoms with Gasteiger partial charge in [0.15, 0.2) is 0 Å². The van der Waals surface area contributed by atoms with E-state index in [1.54, 1.807) is 0 Å². The number of hydrogen-bond acceptors (Lipinski definition) is 4. The number of H-pyrrole nitrogens is 1. The summed E-state index contributed by atoms with van der Waals surface area (Å²) in [5, 5.41) is 12.3. The van der Waals surface area contributed by atoms with E-state index in [-0.39, 0.29) is 18.6 Å². The summed E-state index contributed by atoms with van der Waals surface area (Å²) < 4.78 is 0. The summed E-state index contributed by atoms with van der Waals surface area (Å²) in [7, 11) is 0. The van der Waals surface area contributed by atoms with Gasteiger partial charge in [-0.3, -0.25) is 0 Å². The molecule has 1 aromatic heterocycles. The molecule has 0 saturated carbocycles. The maximum atomic E-state index is 9.07. The van der Waals surface area contributed by atoms with Gasteiger partial charge in [-0.2, -0.15) is 0 Å². The van der Waals surface area contributed by atoms with Crippen molar-refractivity contribution < 1.29 is 5.11 Å². The molecule has 5 nitrogen and oxygen atoms in total. The number of hydrogen-bond donors (Lipinski definition) is 4. The summed E-state index contributed by atoms with van der Waals surface area (Å²) in [4.78, 5) is 7.57. The fourth-order valence-electron chi connectivity index (χ4n) is 1.61. The van der Waals surface area contributed by atoms with E-state index in [0.29, 0.717) is 11.6 Å². The molecule has 0 fully saturated rings. The normalized spacial score (nSPS) is 14.8. The Morgan fingerprint density at radius 3 is 2.94 bits per heavy atom. The smallest absolute Gasteiger partial charge is 0.201 e. The van der Waals surface area contributed by atoms with Crippen LogP contribution in [0.2, 0.25) is 0 Å². The average molecular weight is 234 g/mol. The van der Waals surface area contributed by atoms with Gasteiger partial charge in [-0.25, -0.2) is 4.98 Å². The number of anilines is 2. The van der Waals surface area contributed by atoms with Gasteiger partial charge >= 0.3 is 0 Å². The molecule has 0 aliphatic carbocycles. The Morgan fingerprint density at radius 2 is 2.24 bits per heavy atom. The molecule has 92 valence electrons. The molecule has 2 atom stereocenters. The summed E-state index contributed by atoms with van der Waals surface area (Å²) in [5.41, 5.74) is 8.21. The molecule has 0 radical (unpaired) electrons. The minimum atomic E-state index is 0.151. The number of nitrogens with zero attached hydrogens (tertiary/aromatic N) is 1. The summed E-state index contributed by atoms with van der Waals surface area (Å²) in [6.07, 6.45) is 0. The second-order valence-corrected chi connectivity index (χ2v) is 4.45. The molecule has 0 spiro atoms. The van der Waals surface area contributed by atoms with Crippen LogP contribution in [0.4, 0.5) is 11.6 Å². The van der Waals surface area contributed by atoms with Crippen LogP contribution in [0.1, 0.15) is 13.8 Å². The van der Waals surface area contributed by atoms with Crippen LogP contribution in [0, 0.1) is 5.92 Å². The maximum absolute atomic E-state index is 9.07. The van der Waals surface area contributed by atoms with Crippen molar-refractivity contribution in [2.45, 2.75) is 19.9 Å². The van der Waals surface area contributed by atoms with Gasteiger partial charge in [-0.1, -0.05) is 6.92 Å². The van der Waals surface area contributed by atoms with Crippen LogP contribution in [-0.2, 0) is 0 Å². The van der Waals surface area contributed by atoms with Gasteiger partial charge in [0.25, 0.3) is 0 Å². The topological polar surface area (TPSA) is 87.0 Å². The predicted molar refractivity (Wildman–Crippen MR) is 69.8 cm³/mol. The van der Waals surface area contributed by atoms with Crippen molar-refractivity contribution in [3.8, 4) is 0 Å². The molecule has 0 aliphatic heterocycles. The van der Waals surface area contributed by atoms with Crippen molar-refractivity contribution in [2.24, 2.45) is 5.92 Å². The third-order valence-corrected chi connectivity index (χ3v) is 3.01. The van der Waals surface area contributed by atoms with Gasteiger partial charge in [0.05, 0.1) is 11.0 Å². The Labute approximate surface area is 100 Å². The number of nitrogens with two attached hydrogens (primary N) is 1. The number of aromatic nitrogens is 2. The van der Waals surface area contributed by atoms with Gasteiger partial charge in [0.1, 0.15) is 0 Å². The highest BCUT2D eigenvalue weighted by molar-refractivity contribution is 5.80. The molecule has 0 aliphatic rings. The van der Waals surface area contributed by atoms with Crippen LogP contribution in [0.3, 0.4) is 0 Å². The molecular weight excluding hydrogens is 216 g/mol. The number of aromatic amines is 1. The van der Waals surface area contributed by atoms with E-state index in [0.717, 1.165) is 11.0 Å². The zero-order valence-electron chi connectivity index (χ0n) is 10.1. The van der Waals surface area contributed by atoms with Crippen molar-refractivity contribution >= 4 is 22.7 Å². The third kappa shape index (κ3) is 2.50. The number of nitrogen functional groups attached to an aromatic ring is 1.